The van der Waals surface area contributed by atoms with Crippen LogP contribution in [-0.4, -0.2) is 31.6 Å². The van der Waals surface area contributed by atoms with Crippen LogP contribution in [-0.2, 0) is 28.7 Å². The molecule has 0 aliphatic heterocycles. The first-order valence-electron chi connectivity index (χ1n) is 9.90. The third kappa shape index (κ3) is 5.49. The Hall–Kier alpha value is -2.85. The minimum atomic E-state index is -4.33. The summed E-state index contributed by atoms with van der Waals surface area (Å²) in [6, 6.07) is 8.01. The Morgan fingerprint density at radius 3 is 2.38 bits per heavy atom. The van der Waals surface area contributed by atoms with E-state index < -0.39 is 37.9 Å². The van der Waals surface area contributed by atoms with Crippen molar-refractivity contribution in [3.8, 4) is 0 Å². The van der Waals surface area contributed by atoms with Crippen molar-refractivity contribution in [1.82, 2.24) is 10.1 Å². The van der Waals surface area contributed by atoms with Gasteiger partial charge in [0.25, 0.3) is 0 Å². The van der Waals surface area contributed by atoms with Crippen molar-refractivity contribution >= 4 is 15.5 Å². The molecule has 0 aliphatic carbocycles. The summed E-state index contributed by atoms with van der Waals surface area (Å²) in [5, 5.41) is 6.25. The number of hydrogen-bond donors (Lipinski definition) is 1. The normalized spacial score (nSPS) is 12.0. The number of rotatable bonds is 9. The zero-order valence-electron chi connectivity index (χ0n) is 17.9. The average Bonchev–Trinajstić information content (AvgIpc) is 3.18. The lowest BCUT2D eigenvalue weighted by atomic mass is 10.1. The molecule has 0 spiro atoms. The van der Waals surface area contributed by atoms with E-state index in [1.54, 1.807) is 12.1 Å². The molecule has 1 heterocycles. The molecule has 0 radical (unpaired) electrons. The van der Waals surface area contributed by atoms with Crippen molar-refractivity contribution in [1.29, 1.82) is 0 Å². The van der Waals surface area contributed by atoms with E-state index in [0.29, 0.717) is 12.1 Å². The molecule has 172 valence electrons. The van der Waals surface area contributed by atoms with Gasteiger partial charge in [-0.15, -0.1) is 0 Å². The third-order valence-electron chi connectivity index (χ3n) is 5.12. The van der Waals surface area contributed by atoms with E-state index >= 15 is 0 Å². The van der Waals surface area contributed by atoms with Gasteiger partial charge in [0, 0.05) is 36.4 Å². The van der Waals surface area contributed by atoms with Crippen LogP contribution in [0.25, 0.3) is 0 Å². The second-order valence-electron chi connectivity index (χ2n) is 7.76. The molecule has 2 aromatic carbocycles. The smallest absolute Gasteiger partial charge is 0.190 e. The summed E-state index contributed by atoms with van der Waals surface area (Å²) in [5.41, 5.74) is 1.13. The van der Waals surface area contributed by atoms with E-state index in [1.165, 1.54) is 18.4 Å². The van der Waals surface area contributed by atoms with Crippen LogP contribution in [0.4, 0.5) is 18.9 Å². The first-order valence-corrected chi connectivity index (χ1v) is 11.5. The molecule has 0 unspecified atom stereocenters. The van der Waals surface area contributed by atoms with E-state index in [1.807, 2.05) is 25.8 Å². The highest BCUT2D eigenvalue weighted by atomic mass is 32.2. The summed E-state index contributed by atoms with van der Waals surface area (Å²) in [6.07, 6.45) is 1.17. The molecule has 3 aromatic rings. The molecule has 10 heteroatoms. The van der Waals surface area contributed by atoms with Crippen LogP contribution in [0.2, 0.25) is 0 Å². The summed E-state index contributed by atoms with van der Waals surface area (Å²) in [5.74, 6) is -3.64. The van der Waals surface area contributed by atoms with Gasteiger partial charge < -0.3 is 9.84 Å². The monoisotopic (exact) mass is 467 g/mol. The van der Waals surface area contributed by atoms with Gasteiger partial charge in [-0.05, 0) is 44.7 Å². The molecule has 0 fully saturated rings. The number of anilines is 1. The minimum Gasteiger partial charge on any atom is -0.381 e. The highest BCUT2D eigenvalue weighted by Gasteiger charge is 2.26. The fraction of sp³-hybridized carbons (Fsp3) is 0.318. The molecule has 0 saturated carbocycles. The summed E-state index contributed by atoms with van der Waals surface area (Å²) >= 11 is 0. The molecular formula is C22H24F3N3O3S. The number of nitrogens with one attached hydrogen (secondary N) is 1. The van der Waals surface area contributed by atoms with Crippen molar-refractivity contribution in [2.75, 3.05) is 12.4 Å². The van der Waals surface area contributed by atoms with Gasteiger partial charge in [0.2, 0.25) is 0 Å². The highest BCUT2D eigenvalue weighted by Crippen LogP contribution is 2.27. The molecular weight excluding hydrogens is 443 g/mol. The minimum absolute atomic E-state index is 0.00759. The zero-order chi connectivity index (χ0) is 23.5. The number of sulfone groups is 1. The average molecular weight is 468 g/mol. The Balaban J connectivity index is 1.82. The van der Waals surface area contributed by atoms with Gasteiger partial charge in [-0.1, -0.05) is 17.3 Å². The molecule has 3 rings (SSSR count). The van der Waals surface area contributed by atoms with E-state index in [-0.39, 0.29) is 24.0 Å². The van der Waals surface area contributed by atoms with Gasteiger partial charge in [0.05, 0.1) is 5.69 Å². The fourth-order valence-corrected chi connectivity index (χ4v) is 4.52. The molecule has 6 nitrogen and oxygen atoms in total. The maximum atomic E-state index is 14.6. The van der Waals surface area contributed by atoms with Crippen molar-refractivity contribution in [2.24, 2.45) is 0 Å². The summed E-state index contributed by atoms with van der Waals surface area (Å²) in [7, 11) is -2.42. The van der Waals surface area contributed by atoms with Crippen molar-refractivity contribution in [3.05, 3.63) is 76.9 Å². The van der Waals surface area contributed by atoms with E-state index in [9.17, 15) is 21.6 Å². The first-order chi connectivity index (χ1) is 15.1. The predicted octanol–water partition coefficient (Wildman–Crippen LogP) is 4.52. The quantitative estimate of drug-likeness (QED) is 0.499. The summed E-state index contributed by atoms with van der Waals surface area (Å²) in [4.78, 5) is 0.989. The van der Waals surface area contributed by atoms with Gasteiger partial charge >= 0.3 is 0 Å². The molecule has 0 bridgehead atoms. The van der Waals surface area contributed by atoms with Crippen LogP contribution in [0.3, 0.4) is 0 Å². The Bertz CT molecular complexity index is 1160. The highest BCUT2D eigenvalue weighted by molar-refractivity contribution is 7.90. The zero-order valence-corrected chi connectivity index (χ0v) is 18.7. The Morgan fingerprint density at radius 2 is 1.78 bits per heavy atom. The maximum Gasteiger partial charge on any atom is 0.190 e. The topological polar surface area (TPSA) is 75.4 Å². The molecule has 0 amide bonds. The SMILES string of the molecule is CC(C)N(C)Cc1cccc(F)c1CNc1cc(F)c(S(=O)(=O)Cc2ccon2)c(F)c1. The second-order valence-corrected chi connectivity index (χ2v) is 9.69. The van der Waals surface area contributed by atoms with Crippen molar-refractivity contribution in [3.63, 3.8) is 0 Å². The number of halogens is 3. The van der Waals surface area contributed by atoms with Gasteiger partial charge in [-0.2, -0.15) is 0 Å². The van der Waals surface area contributed by atoms with Crippen LogP contribution in [0, 0.1) is 17.5 Å². The van der Waals surface area contributed by atoms with E-state index in [0.717, 1.165) is 17.7 Å². The standard InChI is InChI=1S/C22H24F3N3O3S/c1-14(2)28(3)12-15-5-4-6-19(23)18(15)11-26-17-9-20(24)22(21(25)10-17)32(29,30)13-16-7-8-31-27-16/h4-10,14,26H,11-13H2,1-3H3. The molecule has 0 saturated heterocycles. The Morgan fingerprint density at radius 1 is 1.09 bits per heavy atom. The lowest BCUT2D eigenvalue weighted by molar-refractivity contribution is 0.264. The van der Waals surface area contributed by atoms with Gasteiger partial charge in [-0.25, -0.2) is 21.6 Å². The van der Waals surface area contributed by atoms with Crippen LogP contribution in [0.1, 0.15) is 30.7 Å². The van der Waals surface area contributed by atoms with E-state index in [4.69, 9.17) is 0 Å². The molecule has 1 N–H and O–H groups in total. The van der Waals surface area contributed by atoms with Crippen LogP contribution < -0.4 is 5.32 Å². The number of aromatic nitrogens is 1. The van der Waals surface area contributed by atoms with Gasteiger partial charge in [-0.3, -0.25) is 4.90 Å². The first kappa shape index (κ1) is 23.8. The Kier molecular flexibility index (Phi) is 7.25. The lowest BCUT2D eigenvalue weighted by Crippen LogP contribution is -2.26. The predicted molar refractivity (Wildman–Crippen MR) is 114 cm³/mol. The maximum absolute atomic E-state index is 14.6. The third-order valence-corrected chi connectivity index (χ3v) is 6.81. The molecule has 0 atom stereocenters. The largest absolute Gasteiger partial charge is 0.381 e. The van der Waals surface area contributed by atoms with Crippen LogP contribution in [0.15, 0.2) is 52.1 Å². The summed E-state index contributed by atoms with van der Waals surface area (Å²) in [6.45, 7) is 4.49. The van der Waals surface area contributed by atoms with E-state index in [2.05, 4.69) is 15.0 Å². The van der Waals surface area contributed by atoms with Gasteiger partial charge in [0.1, 0.15) is 34.4 Å². The number of nitrogens with zero attached hydrogens (tertiary/aromatic N) is 2. The Labute approximate surface area is 184 Å². The van der Waals surface area contributed by atoms with Crippen molar-refractivity contribution < 1.29 is 26.1 Å². The van der Waals surface area contributed by atoms with Gasteiger partial charge in [0.15, 0.2) is 9.84 Å². The molecule has 0 aliphatic rings. The lowest BCUT2D eigenvalue weighted by Gasteiger charge is -2.23. The fourth-order valence-electron chi connectivity index (χ4n) is 3.13. The summed E-state index contributed by atoms with van der Waals surface area (Å²) < 4.78 is 73.1. The van der Waals surface area contributed by atoms with Crippen LogP contribution in [0.5, 0.6) is 0 Å². The molecule has 1 aromatic heterocycles. The number of hydrogen-bond acceptors (Lipinski definition) is 6. The van der Waals surface area contributed by atoms with Crippen molar-refractivity contribution in [2.45, 2.75) is 43.6 Å². The van der Waals surface area contributed by atoms with Crippen LogP contribution >= 0.6 is 0 Å². The number of benzene rings is 2. The second kappa shape index (κ2) is 9.74. The molecule has 32 heavy (non-hydrogen) atoms.